The molecule has 1 aromatic heterocycles. The number of ether oxygens (including phenoxy) is 1. The Kier molecular flexibility index (Phi) is 3.55. The summed E-state index contributed by atoms with van der Waals surface area (Å²) in [7, 11) is 0. The normalized spacial score (nSPS) is 11.7. The summed E-state index contributed by atoms with van der Waals surface area (Å²) in [4.78, 5) is 3.78. The molecule has 0 fully saturated rings. The Bertz CT molecular complexity index is 275. The maximum atomic E-state index is 11.7. The molecule has 0 aromatic carbocycles. The first kappa shape index (κ1) is 10.8. The molecule has 0 amide bonds. The SMILES string of the molecule is FC(F)(F)CCOc1nc(Br)cs1. The Labute approximate surface area is 84.9 Å². The van der Waals surface area contributed by atoms with E-state index in [2.05, 4.69) is 20.9 Å². The number of alkyl halides is 3. The van der Waals surface area contributed by atoms with Crippen molar-refractivity contribution in [1.82, 2.24) is 4.98 Å². The van der Waals surface area contributed by atoms with Gasteiger partial charge in [-0.15, -0.1) is 0 Å². The Morgan fingerprint density at radius 2 is 2.23 bits per heavy atom. The van der Waals surface area contributed by atoms with Crippen LogP contribution in [0.2, 0.25) is 0 Å². The van der Waals surface area contributed by atoms with Crippen LogP contribution in [0.25, 0.3) is 0 Å². The van der Waals surface area contributed by atoms with E-state index in [4.69, 9.17) is 4.74 Å². The van der Waals surface area contributed by atoms with Crippen molar-refractivity contribution < 1.29 is 17.9 Å². The topological polar surface area (TPSA) is 22.1 Å². The van der Waals surface area contributed by atoms with Crippen molar-refractivity contribution in [2.45, 2.75) is 12.6 Å². The molecule has 0 aliphatic carbocycles. The maximum absolute atomic E-state index is 11.7. The minimum atomic E-state index is -4.17. The highest BCUT2D eigenvalue weighted by Gasteiger charge is 2.26. The Morgan fingerprint density at radius 1 is 1.54 bits per heavy atom. The van der Waals surface area contributed by atoms with Crippen LogP contribution in [0.5, 0.6) is 5.19 Å². The first-order valence-corrected chi connectivity index (χ1v) is 4.95. The lowest BCUT2D eigenvalue weighted by Gasteiger charge is -2.05. The third-order valence-corrected chi connectivity index (χ3v) is 2.53. The fraction of sp³-hybridized carbons (Fsp3) is 0.500. The minimum Gasteiger partial charge on any atom is -0.470 e. The molecule has 1 aromatic rings. The van der Waals surface area contributed by atoms with Crippen molar-refractivity contribution in [3.63, 3.8) is 0 Å². The van der Waals surface area contributed by atoms with Crippen molar-refractivity contribution in [2.75, 3.05) is 6.61 Å². The van der Waals surface area contributed by atoms with Crippen LogP contribution in [0.3, 0.4) is 0 Å². The van der Waals surface area contributed by atoms with Gasteiger partial charge in [0.15, 0.2) is 0 Å². The zero-order chi connectivity index (χ0) is 9.90. The van der Waals surface area contributed by atoms with E-state index in [0.717, 1.165) is 11.3 Å². The third kappa shape index (κ3) is 4.47. The highest BCUT2D eigenvalue weighted by Crippen LogP contribution is 2.24. The van der Waals surface area contributed by atoms with Gasteiger partial charge in [0, 0.05) is 5.38 Å². The minimum absolute atomic E-state index is 0.246. The lowest BCUT2D eigenvalue weighted by molar-refractivity contribution is -0.139. The number of rotatable bonds is 3. The second-order valence-electron chi connectivity index (χ2n) is 2.15. The molecule has 0 N–H and O–H groups in total. The van der Waals surface area contributed by atoms with Gasteiger partial charge in [0.1, 0.15) is 4.60 Å². The van der Waals surface area contributed by atoms with Crippen LogP contribution in [0, 0.1) is 0 Å². The Hall–Kier alpha value is -0.300. The molecule has 7 heteroatoms. The van der Waals surface area contributed by atoms with Crippen LogP contribution in [0.15, 0.2) is 9.98 Å². The number of aromatic nitrogens is 1. The molecule has 13 heavy (non-hydrogen) atoms. The highest BCUT2D eigenvalue weighted by atomic mass is 79.9. The summed E-state index contributed by atoms with van der Waals surface area (Å²) in [6.07, 6.45) is -5.13. The molecule has 74 valence electrons. The summed E-state index contributed by atoms with van der Waals surface area (Å²) < 4.78 is 40.3. The van der Waals surface area contributed by atoms with Crippen molar-refractivity contribution in [1.29, 1.82) is 0 Å². The largest absolute Gasteiger partial charge is 0.470 e. The van der Waals surface area contributed by atoms with Crippen molar-refractivity contribution >= 4 is 27.3 Å². The van der Waals surface area contributed by atoms with E-state index in [-0.39, 0.29) is 11.8 Å². The van der Waals surface area contributed by atoms with E-state index in [9.17, 15) is 13.2 Å². The lowest BCUT2D eigenvalue weighted by Crippen LogP contribution is -2.12. The smallest absolute Gasteiger partial charge is 0.392 e. The first-order chi connectivity index (χ1) is 5.97. The van der Waals surface area contributed by atoms with E-state index in [1.165, 1.54) is 0 Å². The average Bonchev–Trinajstić information content (AvgIpc) is 2.33. The van der Waals surface area contributed by atoms with Gasteiger partial charge in [-0.05, 0) is 15.9 Å². The van der Waals surface area contributed by atoms with Crippen LogP contribution >= 0.6 is 27.3 Å². The van der Waals surface area contributed by atoms with E-state index in [1.807, 2.05) is 0 Å². The zero-order valence-corrected chi connectivity index (χ0v) is 8.67. The molecule has 1 heterocycles. The molecular weight excluding hydrogens is 271 g/mol. The molecule has 0 saturated heterocycles. The van der Waals surface area contributed by atoms with Gasteiger partial charge in [-0.3, -0.25) is 0 Å². The molecule has 0 radical (unpaired) electrons. The van der Waals surface area contributed by atoms with Crippen LogP contribution in [0.4, 0.5) is 13.2 Å². The molecule has 1 rings (SSSR count). The van der Waals surface area contributed by atoms with Crippen LogP contribution in [-0.2, 0) is 0 Å². The molecule has 0 unspecified atom stereocenters. The fourth-order valence-corrected chi connectivity index (χ4v) is 1.67. The van der Waals surface area contributed by atoms with Crippen molar-refractivity contribution in [2.24, 2.45) is 0 Å². The van der Waals surface area contributed by atoms with Crippen molar-refractivity contribution in [3.8, 4) is 5.19 Å². The molecular formula is C6H5BrF3NOS. The predicted molar refractivity (Wildman–Crippen MR) is 46.0 cm³/mol. The van der Waals surface area contributed by atoms with E-state index < -0.39 is 12.6 Å². The summed E-state index contributed by atoms with van der Waals surface area (Å²) in [6.45, 7) is -0.385. The highest BCUT2D eigenvalue weighted by molar-refractivity contribution is 9.10. The van der Waals surface area contributed by atoms with Crippen LogP contribution in [-0.4, -0.2) is 17.8 Å². The molecule has 0 atom stereocenters. The standard InChI is InChI=1S/C6H5BrF3NOS/c7-4-3-13-5(11-4)12-2-1-6(8,9)10/h3H,1-2H2. The van der Waals surface area contributed by atoms with Gasteiger partial charge in [0.25, 0.3) is 5.19 Å². The fourth-order valence-electron chi connectivity index (χ4n) is 0.559. The van der Waals surface area contributed by atoms with Gasteiger partial charge in [0.05, 0.1) is 13.0 Å². The van der Waals surface area contributed by atoms with Crippen LogP contribution in [0.1, 0.15) is 6.42 Å². The third-order valence-electron chi connectivity index (χ3n) is 1.07. The number of thiazole rings is 1. The Balaban J connectivity index is 2.28. The molecule has 0 aliphatic rings. The summed E-state index contributed by atoms with van der Waals surface area (Å²) >= 11 is 4.21. The molecule has 0 spiro atoms. The quantitative estimate of drug-likeness (QED) is 0.845. The Morgan fingerprint density at radius 3 is 2.69 bits per heavy atom. The van der Waals surface area contributed by atoms with Gasteiger partial charge in [-0.2, -0.15) is 18.2 Å². The van der Waals surface area contributed by atoms with Gasteiger partial charge >= 0.3 is 6.18 Å². The van der Waals surface area contributed by atoms with Gasteiger partial charge in [-0.1, -0.05) is 11.3 Å². The van der Waals surface area contributed by atoms with E-state index >= 15 is 0 Å². The molecule has 0 aliphatic heterocycles. The monoisotopic (exact) mass is 275 g/mol. The zero-order valence-electron chi connectivity index (χ0n) is 6.27. The summed E-state index contributed by atoms with van der Waals surface area (Å²) in [5.41, 5.74) is 0. The second kappa shape index (κ2) is 4.28. The van der Waals surface area contributed by atoms with E-state index in [1.54, 1.807) is 5.38 Å². The van der Waals surface area contributed by atoms with Gasteiger partial charge in [0.2, 0.25) is 0 Å². The second-order valence-corrected chi connectivity index (χ2v) is 3.78. The van der Waals surface area contributed by atoms with Crippen molar-refractivity contribution in [3.05, 3.63) is 9.98 Å². The summed E-state index contributed by atoms with van der Waals surface area (Å²) in [5.74, 6) is 0. The summed E-state index contributed by atoms with van der Waals surface area (Å²) in [5, 5.41) is 1.89. The molecule has 0 bridgehead atoms. The van der Waals surface area contributed by atoms with Gasteiger partial charge < -0.3 is 4.74 Å². The number of nitrogens with zero attached hydrogens (tertiary/aromatic N) is 1. The number of hydrogen-bond donors (Lipinski definition) is 0. The van der Waals surface area contributed by atoms with Crippen LogP contribution < -0.4 is 4.74 Å². The lowest BCUT2D eigenvalue weighted by atomic mass is 10.4. The van der Waals surface area contributed by atoms with E-state index in [0.29, 0.717) is 4.60 Å². The maximum Gasteiger partial charge on any atom is 0.392 e. The first-order valence-electron chi connectivity index (χ1n) is 3.28. The predicted octanol–water partition coefficient (Wildman–Crippen LogP) is 3.24. The summed E-state index contributed by atoms with van der Waals surface area (Å²) in [6, 6.07) is 0. The molecule has 0 saturated carbocycles. The molecule has 2 nitrogen and oxygen atoms in total. The number of halogens is 4. The average molecular weight is 276 g/mol. The number of hydrogen-bond acceptors (Lipinski definition) is 3. The van der Waals surface area contributed by atoms with Gasteiger partial charge in [-0.25, -0.2) is 0 Å².